The van der Waals surface area contributed by atoms with Gasteiger partial charge in [-0.25, -0.2) is 0 Å². The van der Waals surface area contributed by atoms with E-state index >= 15 is 0 Å². The molecule has 126 valence electrons. The predicted molar refractivity (Wildman–Crippen MR) is 93.5 cm³/mol. The summed E-state index contributed by atoms with van der Waals surface area (Å²) in [5.74, 6) is 1.37. The van der Waals surface area contributed by atoms with Crippen molar-refractivity contribution in [3.8, 4) is 0 Å². The molecule has 0 bridgehead atoms. The van der Waals surface area contributed by atoms with Crippen molar-refractivity contribution >= 4 is 23.4 Å². The molecule has 1 amide bonds. The molecule has 1 saturated heterocycles. The van der Waals surface area contributed by atoms with Gasteiger partial charge in [0.1, 0.15) is 0 Å². The number of nitrogens with zero attached hydrogens (tertiary/aromatic N) is 5. The zero-order chi connectivity index (χ0) is 17.1. The second-order valence-corrected chi connectivity index (χ2v) is 6.08. The minimum Gasteiger partial charge on any atom is -0.339 e. The molecule has 1 aliphatic rings. The van der Waals surface area contributed by atoms with Crippen LogP contribution in [0.3, 0.4) is 0 Å². The second-order valence-electron chi connectivity index (χ2n) is 6.08. The van der Waals surface area contributed by atoms with Crippen LogP contribution in [0, 0.1) is 13.8 Å². The van der Waals surface area contributed by atoms with E-state index in [-0.39, 0.29) is 5.91 Å². The number of benzene rings is 1. The van der Waals surface area contributed by atoms with Crippen LogP contribution in [0.25, 0.3) is 0 Å². The van der Waals surface area contributed by atoms with Gasteiger partial charge in [-0.1, -0.05) is 17.7 Å². The Morgan fingerprint density at radius 2 is 1.92 bits per heavy atom. The first-order valence-corrected chi connectivity index (χ1v) is 8.07. The molecule has 1 aliphatic heterocycles. The summed E-state index contributed by atoms with van der Waals surface area (Å²) in [5.41, 5.74) is 3.39. The van der Waals surface area contributed by atoms with Gasteiger partial charge in [0.2, 0.25) is 11.9 Å². The molecular formula is C17H22N6O. The van der Waals surface area contributed by atoms with Gasteiger partial charge in [0, 0.05) is 38.8 Å². The van der Waals surface area contributed by atoms with Crippen LogP contribution in [-0.2, 0) is 4.79 Å². The number of anilines is 3. The number of hydrogen-bond donors (Lipinski definition) is 1. The second kappa shape index (κ2) is 6.82. The molecule has 24 heavy (non-hydrogen) atoms. The van der Waals surface area contributed by atoms with Crippen molar-refractivity contribution in [2.45, 2.75) is 20.8 Å². The first-order valence-electron chi connectivity index (χ1n) is 8.07. The van der Waals surface area contributed by atoms with Crippen molar-refractivity contribution in [2.75, 3.05) is 36.4 Å². The molecule has 3 rings (SSSR count). The number of aryl methyl sites for hydroxylation is 2. The Morgan fingerprint density at radius 1 is 1.17 bits per heavy atom. The Morgan fingerprint density at radius 3 is 2.58 bits per heavy atom. The van der Waals surface area contributed by atoms with Gasteiger partial charge in [-0.2, -0.15) is 10.1 Å². The minimum absolute atomic E-state index is 0.110. The summed E-state index contributed by atoms with van der Waals surface area (Å²) in [6, 6.07) is 6.22. The van der Waals surface area contributed by atoms with Gasteiger partial charge in [0.25, 0.3) is 0 Å². The van der Waals surface area contributed by atoms with Crippen LogP contribution in [-0.4, -0.2) is 52.2 Å². The maximum Gasteiger partial charge on any atom is 0.247 e. The Kier molecular flexibility index (Phi) is 4.59. The SMILES string of the molecule is CC(=O)N1CCN(c2nncc(Nc3ccc(C)cc3C)n2)CC1. The summed E-state index contributed by atoms with van der Waals surface area (Å²) in [5, 5.41) is 11.5. The van der Waals surface area contributed by atoms with E-state index < -0.39 is 0 Å². The van der Waals surface area contributed by atoms with Crippen LogP contribution in [0.1, 0.15) is 18.1 Å². The number of carbonyl (C=O) groups excluding carboxylic acids is 1. The summed E-state index contributed by atoms with van der Waals surface area (Å²) in [7, 11) is 0. The molecular weight excluding hydrogens is 304 g/mol. The number of carbonyl (C=O) groups is 1. The molecule has 0 radical (unpaired) electrons. The Balaban J connectivity index is 1.71. The zero-order valence-electron chi connectivity index (χ0n) is 14.3. The van der Waals surface area contributed by atoms with E-state index in [9.17, 15) is 4.79 Å². The van der Waals surface area contributed by atoms with E-state index in [0.29, 0.717) is 37.9 Å². The smallest absolute Gasteiger partial charge is 0.247 e. The molecule has 2 heterocycles. The largest absolute Gasteiger partial charge is 0.339 e. The fourth-order valence-corrected chi connectivity index (χ4v) is 2.80. The Bertz CT molecular complexity index is 740. The fourth-order valence-electron chi connectivity index (χ4n) is 2.80. The molecule has 0 saturated carbocycles. The van der Waals surface area contributed by atoms with E-state index in [1.54, 1.807) is 13.1 Å². The van der Waals surface area contributed by atoms with E-state index in [4.69, 9.17) is 0 Å². The topological polar surface area (TPSA) is 74.2 Å². The number of aromatic nitrogens is 3. The summed E-state index contributed by atoms with van der Waals surface area (Å²) < 4.78 is 0. The standard InChI is InChI=1S/C17H22N6O/c1-12-4-5-15(13(2)10-12)19-16-11-18-21-17(20-16)23-8-6-22(7-9-23)14(3)24/h4-5,10-11H,6-9H2,1-3H3,(H,19,20,21). The molecule has 1 aromatic carbocycles. The molecule has 0 aliphatic carbocycles. The number of hydrogen-bond acceptors (Lipinski definition) is 6. The average molecular weight is 326 g/mol. The van der Waals surface area contributed by atoms with Gasteiger partial charge in [-0.15, -0.1) is 5.10 Å². The van der Waals surface area contributed by atoms with Crippen molar-refractivity contribution in [3.63, 3.8) is 0 Å². The van der Waals surface area contributed by atoms with E-state index in [1.807, 2.05) is 11.0 Å². The lowest BCUT2D eigenvalue weighted by atomic mass is 10.1. The number of rotatable bonds is 3. The molecule has 1 fully saturated rings. The highest BCUT2D eigenvalue weighted by atomic mass is 16.2. The lowest BCUT2D eigenvalue weighted by molar-refractivity contribution is -0.129. The van der Waals surface area contributed by atoms with Crippen LogP contribution < -0.4 is 10.2 Å². The van der Waals surface area contributed by atoms with Crippen LogP contribution in [0.4, 0.5) is 17.5 Å². The number of piperazine rings is 1. The third kappa shape index (κ3) is 3.61. The monoisotopic (exact) mass is 326 g/mol. The average Bonchev–Trinajstić information content (AvgIpc) is 2.58. The highest BCUT2D eigenvalue weighted by Crippen LogP contribution is 2.21. The Labute approximate surface area is 141 Å². The predicted octanol–water partition coefficient (Wildman–Crippen LogP) is 1.90. The van der Waals surface area contributed by atoms with E-state index in [1.165, 1.54) is 5.56 Å². The van der Waals surface area contributed by atoms with Gasteiger partial charge in [-0.05, 0) is 25.5 Å². The van der Waals surface area contributed by atoms with Crippen molar-refractivity contribution < 1.29 is 4.79 Å². The summed E-state index contributed by atoms with van der Waals surface area (Å²) in [4.78, 5) is 19.9. The maximum atomic E-state index is 11.4. The third-order valence-electron chi connectivity index (χ3n) is 4.20. The van der Waals surface area contributed by atoms with Crippen LogP contribution in [0.15, 0.2) is 24.4 Å². The van der Waals surface area contributed by atoms with Crippen molar-refractivity contribution in [2.24, 2.45) is 0 Å². The first kappa shape index (κ1) is 16.2. The van der Waals surface area contributed by atoms with Gasteiger partial charge in [0.05, 0.1) is 6.20 Å². The lowest BCUT2D eigenvalue weighted by Gasteiger charge is -2.33. The highest BCUT2D eigenvalue weighted by Gasteiger charge is 2.20. The zero-order valence-corrected chi connectivity index (χ0v) is 14.3. The lowest BCUT2D eigenvalue weighted by Crippen LogP contribution is -2.48. The van der Waals surface area contributed by atoms with E-state index in [2.05, 4.69) is 51.4 Å². The summed E-state index contributed by atoms with van der Waals surface area (Å²) >= 11 is 0. The molecule has 1 N–H and O–H groups in total. The van der Waals surface area contributed by atoms with Gasteiger partial charge >= 0.3 is 0 Å². The van der Waals surface area contributed by atoms with Crippen molar-refractivity contribution in [3.05, 3.63) is 35.5 Å². The number of amides is 1. The molecule has 2 aromatic rings. The Hall–Kier alpha value is -2.70. The molecule has 1 aromatic heterocycles. The normalized spacial score (nSPS) is 14.6. The van der Waals surface area contributed by atoms with Crippen molar-refractivity contribution in [1.29, 1.82) is 0 Å². The maximum absolute atomic E-state index is 11.4. The fraction of sp³-hybridized carbons (Fsp3) is 0.412. The molecule has 0 unspecified atom stereocenters. The quantitative estimate of drug-likeness (QED) is 0.928. The van der Waals surface area contributed by atoms with Gasteiger partial charge in [-0.3, -0.25) is 4.79 Å². The van der Waals surface area contributed by atoms with Crippen LogP contribution in [0.5, 0.6) is 0 Å². The van der Waals surface area contributed by atoms with Crippen LogP contribution in [0.2, 0.25) is 0 Å². The van der Waals surface area contributed by atoms with Crippen LogP contribution >= 0.6 is 0 Å². The molecule has 7 heteroatoms. The van der Waals surface area contributed by atoms with Gasteiger partial charge < -0.3 is 15.1 Å². The molecule has 0 spiro atoms. The summed E-state index contributed by atoms with van der Waals surface area (Å²) in [6.45, 7) is 8.54. The van der Waals surface area contributed by atoms with E-state index in [0.717, 1.165) is 11.3 Å². The number of nitrogens with one attached hydrogen (secondary N) is 1. The third-order valence-corrected chi connectivity index (χ3v) is 4.20. The minimum atomic E-state index is 0.110. The molecule has 7 nitrogen and oxygen atoms in total. The summed E-state index contributed by atoms with van der Waals surface area (Å²) in [6.07, 6.45) is 1.62. The first-order chi connectivity index (χ1) is 11.5. The van der Waals surface area contributed by atoms with Crippen molar-refractivity contribution in [1.82, 2.24) is 20.1 Å². The molecule has 0 atom stereocenters. The highest BCUT2D eigenvalue weighted by molar-refractivity contribution is 5.73. The van der Waals surface area contributed by atoms with Gasteiger partial charge in [0.15, 0.2) is 5.82 Å².